The fourth-order valence-electron chi connectivity index (χ4n) is 3.36. The molecule has 1 aromatic heterocycles. The van der Waals surface area contributed by atoms with Crippen LogP contribution in [0.3, 0.4) is 0 Å². The number of nitrogens with one attached hydrogen (secondary N) is 2. The normalized spacial score (nSPS) is 13.0. The highest BCUT2D eigenvalue weighted by molar-refractivity contribution is 6.33. The second-order valence-corrected chi connectivity index (χ2v) is 7.74. The zero-order chi connectivity index (χ0) is 22.8. The number of hydrogen-bond acceptors (Lipinski definition) is 6. The third-order valence-electron chi connectivity index (χ3n) is 5.19. The van der Waals surface area contributed by atoms with Crippen LogP contribution in [0.25, 0.3) is 17.1 Å². The highest BCUT2D eigenvalue weighted by atomic mass is 35.5. The minimum absolute atomic E-state index is 0.00717. The monoisotopic (exact) mass is 456 g/mol. The van der Waals surface area contributed by atoms with Gasteiger partial charge in [0, 0.05) is 24.1 Å². The molecule has 0 bridgehead atoms. The molecule has 0 aliphatic heterocycles. The number of methoxy groups -OCH3 is 2. The summed E-state index contributed by atoms with van der Waals surface area (Å²) in [6.45, 7) is 0.266. The highest BCUT2D eigenvalue weighted by Crippen LogP contribution is 2.31. The molecule has 1 heterocycles. The predicted octanol–water partition coefficient (Wildman–Crippen LogP) is 2.70. The molecule has 2 aromatic carbocycles. The molecule has 2 N–H and O–H groups in total. The number of carbonyl (C=O) groups excluding carboxylic acids is 2. The van der Waals surface area contributed by atoms with Crippen LogP contribution in [0, 0.1) is 5.92 Å². The molecule has 1 amide bonds. The van der Waals surface area contributed by atoms with Crippen LogP contribution in [0.1, 0.15) is 28.8 Å². The Kier molecular flexibility index (Phi) is 6.00. The number of esters is 1. The van der Waals surface area contributed by atoms with E-state index in [1.54, 1.807) is 18.2 Å². The summed E-state index contributed by atoms with van der Waals surface area (Å²) in [6.07, 6.45) is 1.81. The Morgan fingerprint density at radius 2 is 2.03 bits per heavy atom. The van der Waals surface area contributed by atoms with Crippen molar-refractivity contribution in [2.45, 2.75) is 19.4 Å². The molecule has 1 fully saturated rings. The van der Waals surface area contributed by atoms with Crippen LogP contribution in [0.5, 0.6) is 5.75 Å². The predicted molar refractivity (Wildman–Crippen MR) is 117 cm³/mol. The van der Waals surface area contributed by atoms with Gasteiger partial charge in [0.25, 0.3) is 0 Å². The summed E-state index contributed by atoms with van der Waals surface area (Å²) in [5.41, 5.74) is 1.37. The lowest BCUT2D eigenvalue weighted by Crippen LogP contribution is -2.24. The van der Waals surface area contributed by atoms with Gasteiger partial charge in [-0.2, -0.15) is 4.68 Å². The average molecular weight is 457 g/mol. The minimum Gasteiger partial charge on any atom is -0.496 e. The van der Waals surface area contributed by atoms with E-state index >= 15 is 0 Å². The van der Waals surface area contributed by atoms with Crippen LogP contribution in [0.4, 0.5) is 0 Å². The summed E-state index contributed by atoms with van der Waals surface area (Å²) in [6, 6.07) is 9.85. The zero-order valence-corrected chi connectivity index (χ0v) is 18.2. The van der Waals surface area contributed by atoms with E-state index in [9.17, 15) is 14.4 Å². The fraction of sp³-hybridized carbons (Fsp3) is 0.273. The summed E-state index contributed by atoms with van der Waals surface area (Å²) in [5.74, 6) is 0.0315. The van der Waals surface area contributed by atoms with Gasteiger partial charge in [0.15, 0.2) is 5.82 Å². The first-order chi connectivity index (χ1) is 15.4. The zero-order valence-electron chi connectivity index (χ0n) is 17.5. The molecule has 0 saturated heterocycles. The molecule has 0 unspecified atom stereocenters. The van der Waals surface area contributed by atoms with Gasteiger partial charge in [-0.15, -0.1) is 5.10 Å². The summed E-state index contributed by atoms with van der Waals surface area (Å²) in [7, 11) is 2.69. The summed E-state index contributed by atoms with van der Waals surface area (Å²) >= 11 is 6.43. The van der Waals surface area contributed by atoms with Gasteiger partial charge in [0.05, 0.1) is 24.9 Å². The molecule has 0 spiro atoms. The molecular weight excluding hydrogens is 436 g/mol. The van der Waals surface area contributed by atoms with E-state index in [-0.39, 0.29) is 35.5 Å². The molecular formula is C22H21ClN4O5. The van der Waals surface area contributed by atoms with Crippen molar-refractivity contribution in [1.29, 1.82) is 0 Å². The van der Waals surface area contributed by atoms with Crippen LogP contribution in [0.2, 0.25) is 5.02 Å². The van der Waals surface area contributed by atoms with E-state index in [4.69, 9.17) is 21.1 Å². The largest absolute Gasteiger partial charge is 0.496 e. The maximum atomic E-state index is 12.7. The molecule has 1 aliphatic carbocycles. The number of nitrogens with zero attached hydrogens (tertiary/aromatic N) is 2. The van der Waals surface area contributed by atoms with E-state index in [0.29, 0.717) is 16.3 Å². The summed E-state index contributed by atoms with van der Waals surface area (Å²) < 4.78 is 11.2. The van der Waals surface area contributed by atoms with Gasteiger partial charge in [-0.25, -0.2) is 9.59 Å². The summed E-state index contributed by atoms with van der Waals surface area (Å²) in [5, 5.41) is 7.69. The third-order valence-corrected chi connectivity index (χ3v) is 5.51. The SMILES string of the molecule is COC(=O)c1ccc(-n2nc(-c3c(Cl)cccc3CNC(=O)C3CC3)[nH]c2=O)cc1OC. The standard InChI is InChI=1S/C22H21ClN4O5/c1-31-17-10-14(8-9-15(17)21(29)32-2)27-22(30)25-19(26-27)18-13(4-3-5-16(18)23)11-24-20(28)12-6-7-12/h3-5,8-10,12H,6-7,11H2,1-2H3,(H,24,28)(H,25,26,30). The van der Waals surface area contributed by atoms with Crippen LogP contribution < -0.4 is 15.7 Å². The van der Waals surface area contributed by atoms with Crippen molar-refractivity contribution in [3.8, 4) is 22.8 Å². The van der Waals surface area contributed by atoms with Gasteiger partial charge in [-0.05, 0) is 36.6 Å². The number of hydrogen-bond donors (Lipinski definition) is 2. The van der Waals surface area contributed by atoms with Crippen molar-refractivity contribution >= 4 is 23.5 Å². The van der Waals surface area contributed by atoms with Gasteiger partial charge < -0.3 is 14.8 Å². The quantitative estimate of drug-likeness (QED) is 0.528. The van der Waals surface area contributed by atoms with Crippen LogP contribution in [-0.2, 0) is 16.1 Å². The van der Waals surface area contributed by atoms with Gasteiger partial charge in [0.2, 0.25) is 5.91 Å². The average Bonchev–Trinajstić information content (AvgIpc) is 3.58. The van der Waals surface area contributed by atoms with E-state index in [0.717, 1.165) is 23.1 Å². The molecule has 9 nitrogen and oxygen atoms in total. The second-order valence-electron chi connectivity index (χ2n) is 7.33. The van der Waals surface area contributed by atoms with Gasteiger partial charge >= 0.3 is 11.7 Å². The van der Waals surface area contributed by atoms with Crippen LogP contribution >= 0.6 is 11.6 Å². The number of halogens is 1. The first-order valence-electron chi connectivity index (χ1n) is 9.94. The number of ether oxygens (including phenoxy) is 2. The molecule has 4 rings (SSSR count). The van der Waals surface area contributed by atoms with Crippen LogP contribution in [-0.4, -0.2) is 40.9 Å². The number of amides is 1. The van der Waals surface area contributed by atoms with E-state index in [1.807, 2.05) is 6.07 Å². The number of aromatic nitrogens is 3. The van der Waals surface area contributed by atoms with Crippen LogP contribution in [0.15, 0.2) is 41.2 Å². The maximum Gasteiger partial charge on any atom is 0.348 e. The molecule has 3 aromatic rings. The molecule has 0 atom stereocenters. The molecule has 10 heteroatoms. The minimum atomic E-state index is -0.558. The lowest BCUT2D eigenvalue weighted by Gasteiger charge is -2.10. The van der Waals surface area contributed by atoms with Crippen molar-refractivity contribution in [1.82, 2.24) is 20.1 Å². The van der Waals surface area contributed by atoms with Crippen molar-refractivity contribution < 1.29 is 19.1 Å². The van der Waals surface area contributed by atoms with Crippen molar-refractivity contribution in [3.63, 3.8) is 0 Å². The highest BCUT2D eigenvalue weighted by Gasteiger charge is 2.29. The van der Waals surface area contributed by atoms with E-state index in [2.05, 4.69) is 15.4 Å². The van der Waals surface area contributed by atoms with Gasteiger partial charge in [-0.1, -0.05) is 23.7 Å². The Bertz CT molecular complexity index is 1250. The van der Waals surface area contributed by atoms with E-state index in [1.165, 1.54) is 26.4 Å². The topological polar surface area (TPSA) is 115 Å². The molecule has 1 saturated carbocycles. The Balaban J connectivity index is 1.69. The first kappa shape index (κ1) is 21.6. The second kappa shape index (κ2) is 8.88. The number of rotatable bonds is 7. The number of benzene rings is 2. The molecule has 0 radical (unpaired) electrons. The van der Waals surface area contributed by atoms with Gasteiger partial charge in [0.1, 0.15) is 11.3 Å². The summed E-state index contributed by atoms with van der Waals surface area (Å²) in [4.78, 5) is 39.3. The number of carbonyl (C=O) groups is 2. The number of aromatic amines is 1. The Labute approximate surface area is 188 Å². The van der Waals surface area contributed by atoms with Crippen molar-refractivity contribution in [3.05, 3.63) is 63.0 Å². The Morgan fingerprint density at radius 1 is 1.25 bits per heavy atom. The number of H-pyrrole nitrogens is 1. The molecule has 32 heavy (non-hydrogen) atoms. The lowest BCUT2D eigenvalue weighted by molar-refractivity contribution is -0.122. The van der Waals surface area contributed by atoms with Crippen molar-refractivity contribution in [2.24, 2.45) is 5.92 Å². The smallest absolute Gasteiger partial charge is 0.348 e. The van der Waals surface area contributed by atoms with E-state index < -0.39 is 11.7 Å². The lowest BCUT2D eigenvalue weighted by atomic mass is 10.1. The first-order valence-corrected chi connectivity index (χ1v) is 10.3. The molecule has 166 valence electrons. The Morgan fingerprint density at radius 3 is 2.72 bits per heavy atom. The third kappa shape index (κ3) is 4.24. The fourth-order valence-corrected chi connectivity index (χ4v) is 3.64. The Hall–Kier alpha value is -3.59. The van der Waals surface area contributed by atoms with Crippen molar-refractivity contribution in [2.75, 3.05) is 14.2 Å². The van der Waals surface area contributed by atoms with Gasteiger partial charge in [-0.3, -0.25) is 9.78 Å². The molecule has 1 aliphatic rings. The maximum absolute atomic E-state index is 12.7.